The van der Waals surface area contributed by atoms with Crippen LogP contribution in [-0.2, 0) is 0 Å². The van der Waals surface area contributed by atoms with Crippen LogP contribution in [0.5, 0.6) is 0 Å². The summed E-state index contributed by atoms with van der Waals surface area (Å²) in [4.78, 5) is 11.4. The van der Waals surface area contributed by atoms with Gasteiger partial charge in [0.15, 0.2) is 11.4 Å². The molecular weight excluding hydrogens is 262 g/mol. The van der Waals surface area contributed by atoms with Crippen molar-refractivity contribution in [3.05, 3.63) is 30.6 Å². The second-order valence-electron chi connectivity index (χ2n) is 5.72. The molecule has 4 heteroatoms. The number of piperidine rings is 1. The van der Waals surface area contributed by atoms with Crippen LogP contribution in [0.2, 0.25) is 0 Å². The summed E-state index contributed by atoms with van der Waals surface area (Å²) in [5.41, 5.74) is 2.65. The van der Waals surface area contributed by atoms with E-state index in [1.807, 2.05) is 18.2 Å². The summed E-state index contributed by atoms with van der Waals surface area (Å²) in [6.07, 6.45) is 6.58. The van der Waals surface area contributed by atoms with Crippen LogP contribution in [0, 0.1) is 0 Å². The van der Waals surface area contributed by atoms with Crippen LogP contribution in [0.4, 0.5) is 5.82 Å². The zero-order valence-corrected chi connectivity index (χ0v) is 12.2. The minimum Gasteiger partial charge on any atom is -0.450 e. The number of aromatic nitrogens is 2. The van der Waals surface area contributed by atoms with E-state index >= 15 is 0 Å². The summed E-state index contributed by atoms with van der Waals surface area (Å²) in [7, 11) is 0. The molecule has 1 aliphatic rings. The molecule has 0 N–H and O–H groups in total. The van der Waals surface area contributed by atoms with Gasteiger partial charge >= 0.3 is 0 Å². The maximum absolute atomic E-state index is 6.06. The molecule has 0 radical (unpaired) electrons. The van der Waals surface area contributed by atoms with Crippen molar-refractivity contribution in [2.24, 2.45) is 0 Å². The molecule has 1 unspecified atom stereocenters. The van der Waals surface area contributed by atoms with E-state index in [1.165, 1.54) is 19.3 Å². The molecule has 1 aromatic carbocycles. The zero-order valence-electron chi connectivity index (χ0n) is 12.2. The molecule has 3 aromatic rings. The third-order valence-electron chi connectivity index (χ3n) is 4.51. The second kappa shape index (κ2) is 5.02. The van der Waals surface area contributed by atoms with Gasteiger partial charge in [0.25, 0.3) is 0 Å². The highest BCUT2D eigenvalue weighted by Crippen LogP contribution is 2.34. The van der Waals surface area contributed by atoms with Gasteiger partial charge in [-0.3, -0.25) is 0 Å². The summed E-state index contributed by atoms with van der Waals surface area (Å²) in [5.74, 6) is 0.961. The minimum absolute atomic E-state index is 0.560. The molecule has 4 rings (SSSR count). The Morgan fingerprint density at radius 3 is 3.05 bits per heavy atom. The van der Waals surface area contributed by atoms with Gasteiger partial charge in [0.2, 0.25) is 0 Å². The number of anilines is 1. The van der Waals surface area contributed by atoms with Gasteiger partial charge in [0.05, 0.1) is 0 Å². The molecule has 1 atom stereocenters. The molecule has 0 aliphatic carbocycles. The van der Waals surface area contributed by atoms with E-state index in [0.29, 0.717) is 6.04 Å². The molecule has 1 fully saturated rings. The zero-order chi connectivity index (χ0) is 14.2. The van der Waals surface area contributed by atoms with Gasteiger partial charge in [-0.2, -0.15) is 0 Å². The lowest BCUT2D eigenvalue weighted by Crippen LogP contribution is -2.39. The Labute approximate surface area is 123 Å². The summed E-state index contributed by atoms with van der Waals surface area (Å²) < 4.78 is 6.06. The van der Waals surface area contributed by atoms with Gasteiger partial charge in [-0.25, -0.2) is 9.97 Å². The van der Waals surface area contributed by atoms with Gasteiger partial charge < -0.3 is 9.32 Å². The highest BCUT2D eigenvalue weighted by Gasteiger charge is 2.25. The maximum Gasteiger partial charge on any atom is 0.196 e. The largest absolute Gasteiger partial charge is 0.450 e. The van der Waals surface area contributed by atoms with Crippen molar-refractivity contribution in [2.45, 2.75) is 38.6 Å². The molecule has 0 amide bonds. The molecule has 1 saturated heterocycles. The summed E-state index contributed by atoms with van der Waals surface area (Å²) in [5, 5.41) is 1.07. The molecule has 0 bridgehead atoms. The topological polar surface area (TPSA) is 42.2 Å². The lowest BCUT2D eigenvalue weighted by Gasteiger charge is -2.35. The van der Waals surface area contributed by atoms with Crippen molar-refractivity contribution in [2.75, 3.05) is 11.4 Å². The van der Waals surface area contributed by atoms with E-state index in [0.717, 1.165) is 40.9 Å². The molecule has 3 heterocycles. The number of furan rings is 1. The molecule has 1 aliphatic heterocycles. The SMILES string of the molecule is CCC1CCCCN1c1ncnc2c1oc1ccccc12. The number of hydrogen-bond acceptors (Lipinski definition) is 4. The average Bonchev–Trinajstić information content (AvgIpc) is 2.93. The van der Waals surface area contributed by atoms with Crippen molar-refractivity contribution in [3.8, 4) is 0 Å². The summed E-state index contributed by atoms with van der Waals surface area (Å²) in [6.45, 7) is 3.31. The quantitative estimate of drug-likeness (QED) is 0.708. The highest BCUT2D eigenvalue weighted by atomic mass is 16.3. The monoisotopic (exact) mass is 281 g/mol. The number of hydrogen-bond donors (Lipinski definition) is 0. The Hall–Kier alpha value is -2.10. The predicted molar refractivity (Wildman–Crippen MR) is 84.6 cm³/mol. The van der Waals surface area contributed by atoms with E-state index in [2.05, 4.69) is 27.9 Å². The molecule has 2 aromatic heterocycles. The summed E-state index contributed by atoms with van der Waals surface area (Å²) in [6, 6.07) is 8.63. The van der Waals surface area contributed by atoms with Crippen molar-refractivity contribution >= 4 is 27.9 Å². The van der Waals surface area contributed by atoms with Crippen LogP contribution in [0.3, 0.4) is 0 Å². The van der Waals surface area contributed by atoms with Crippen LogP contribution < -0.4 is 4.90 Å². The van der Waals surface area contributed by atoms with Crippen molar-refractivity contribution in [1.29, 1.82) is 0 Å². The molecule has 4 nitrogen and oxygen atoms in total. The van der Waals surface area contributed by atoms with E-state index in [-0.39, 0.29) is 0 Å². The molecule has 0 saturated carbocycles. The van der Waals surface area contributed by atoms with Crippen LogP contribution >= 0.6 is 0 Å². The van der Waals surface area contributed by atoms with Crippen molar-refractivity contribution in [1.82, 2.24) is 9.97 Å². The first kappa shape index (κ1) is 12.6. The van der Waals surface area contributed by atoms with Gasteiger partial charge in [-0.15, -0.1) is 0 Å². The fourth-order valence-electron chi connectivity index (χ4n) is 3.42. The Morgan fingerprint density at radius 2 is 2.14 bits per heavy atom. The van der Waals surface area contributed by atoms with Crippen LogP contribution in [0.15, 0.2) is 35.0 Å². The molecule has 0 spiro atoms. The van der Waals surface area contributed by atoms with Gasteiger partial charge in [0, 0.05) is 18.0 Å². The summed E-state index contributed by atoms with van der Waals surface area (Å²) >= 11 is 0. The van der Waals surface area contributed by atoms with E-state index in [9.17, 15) is 0 Å². The van der Waals surface area contributed by atoms with E-state index in [1.54, 1.807) is 6.33 Å². The lowest BCUT2D eigenvalue weighted by atomic mass is 10.00. The third kappa shape index (κ3) is 1.97. The minimum atomic E-state index is 0.560. The number of nitrogens with zero attached hydrogens (tertiary/aromatic N) is 3. The number of para-hydroxylation sites is 1. The van der Waals surface area contributed by atoms with Crippen LogP contribution in [-0.4, -0.2) is 22.6 Å². The van der Waals surface area contributed by atoms with E-state index in [4.69, 9.17) is 4.42 Å². The average molecular weight is 281 g/mol. The van der Waals surface area contributed by atoms with Gasteiger partial charge in [-0.1, -0.05) is 19.1 Å². The van der Waals surface area contributed by atoms with Gasteiger partial charge in [0.1, 0.15) is 17.4 Å². The first-order valence-corrected chi connectivity index (χ1v) is 7.77. The molecule has 21 heavy (non-hydrogen) atoms. The first-order valence-electron chi connectivity index (χ1n) is 7.77. The van der Waals surface area contributed by atoms with Crippen molar-refractivity contribution < 1.29 is 4.42 Å². The number of benzene rings is 1. The number of fused-ring (bicyclic) bond motifs is 3. The fraction of sp³-hybridized carbons (Fsp3) is 0.412. The number of rotatable bonds is 2. The maximum atomic E-state index is 6.06. The van der Waals surface area contributed by atoms with Crippen LogP contribution in [0.1, 0.15) is 32.6 Å². The van der Waals surface area contributed by atoms with Gasteiger partial charge in [-0.05, 0) is 37.8 Å². The lowest BCUT2D eigenvalue weighted by molar-refractivity contribution is 0.446. The predicted octanol–water partition coefficient (Wildman–Crippen LogP) is 4.14. The fourth-order valence-corrected chi connectivity index (χ4v) is 3.42. The molecular formula is C17H19N3O. The Balaban J connectivity index is 1.92. The first-order chi connectivity index (χ1) is 10.4. The standard InChI is InChI=1S/C17H19N3O/c1-2-12-7-5-6-10-20(12)17-16-15(18-11-19-17)13-8-3-4-9-14(13)21-16/h3-4,8-9,11-12H,2,5-7,10H2,1H3. The smallest absolute Gasteiger partial charge is 0.196 e. The van der Waals surface area contributed by atoms with Crippen LogP contribution in [0.25, 0.3) is 22.1 Å². The Morgan fingerprint density at radius 1 is 1.24 bits per heavy atom. The Kier molecular flexibility index (Phi) is 3.02. The van der Waals surface area contributed by atoms with Crippen molar-refractivity contribution in [3.63, 3.8) is 0 Å². The normalized spacial score (nSPS) is 19.5. The second-order valence-corrected chi connectivity index (χ2v) is 5.72. The Bertz CT molecular complexity index is 780. The third-order valence-corrected chi connectivity index (χ3v) is 4.51. The molecule has 108 valence electrons. The van der Waals surface area contributed by atoms with E-state index < -0.39 is 0 Å². The highest BCUT2D eigenvalue weighted by molar-refractivity contribution is 6.05.